The molecular weight excluding hydrogens is 313 g/mol. The molecular formula is C14H17BrFNO2. The fourth-order valence-electron chi connectivity index (χ4n) is 2.45. The van der Waals surface area contributed by atoms with E-state index in [2.05, 4.69) is 21.2 Å². The molecule has 2 N–H and O–H groups in total. The van der Waals surface area contributed by atoms with E-state index in [-0.39, 0.29) is 17.6 Å². The fourth-order valence-corrected chi connectivity index (χ4v) is 2.98. The van der Waals surface area contributed by atoms with Crippen molar-refractivity contribution >= 4 is 21.8 Å². The SMILES string of the molecule is O=C(NC[C@@H]1CCCC[C@H]1O)c1c(F)cccc1Br. The van der Waals surface area contributed by atoms with E-state index >= 15 is 0 Å². The van der Waals surface area contributed by atoms with E-state index in [4.69, 9.17) is 0 Å². The fraction of sp³-hybridized carbons (Fsp3) is 0.500. The molecule has 0 aromatic heterocycles. The Morgan fingerprint density at radius 3 is 2.84 bits per heavy atom. The van der Waals surface area contributed by atoms with Gasteiger partial charge < -0.3 is 10.4 Å². The van der Waals surface area contributed by atoms with Crippen molar-refractivity contribution in [3.05, 3.63) is 34.1 Å². The summed E-state index contributed by atoms with van der Waals surface area (Å²) in [6.45, 7) is 0.390. The lowest BCUT2D eigenvalue weighted by Crippen LogP contribution is -2.37. The molecule has 0 spiro atoms. The Hall–Kier alpha value is -0.940. The first-order valence-electron chi connectivity index (χ1n) is 6.50. The average molecular weight is 330 g/mol. The maximum Gasteiger partial charge on any atom is 0.255 e. The van der Waals surface area contributed by atoms with Gasteiger partial charge in [-0.15, -0.1) is 0 Å². The van der Waals surface area contributed by atoms with Crippen molar-refractivity contribution in [3.8, 4) is 0 Å². The summed E-state index contributed by atoms with van der Waals surface area (Å²) in [4.78, 5) is 12.0. The second kappa shape index (κ2) is 6.48. The highest BCUT2D eigenvalue weighted by Crippen LogP contribution is 2.24. The minimum Gasteiger partial charge on any atom is -0.393 e. The minimum atomic E-state index is -0.545. The van der Waals surface area contributed by atoms with Crippen LogP contribution in [0.25, 0.3) is 0 Å². The van der Waals surface area contributed by atoms with Crippen LogP contribution in [0.1, 0.15) is 36.0 Å². The van der Waals surface area contributed by atoms with Crippen LogP contribution in [0.2, 0.25) is 0 Å². The quantitative estimate of drug-likeness (QED) is 0.895. The first-order chi connectivity index (χ1) is 9.09. The summed E-state index contributed by atoms with van der Waals surface area (Å²) in [6.07, 6.45) is 3.42. The van der Waals surface area contributed by atoms with E-state index in [1.807, 2.05) is 0 Å². The number of hydrogen-bond donors (Lipinski definition) is 2. The number of hydrogen-bond acceptors (Lipinski definition) is 2. The number of nitrogens with one attached hydrogen (secondary N) is 1. The van der Waals surface area contributed by atoms with Gasteiger partial charge in [-0.1, -0.05) is 18.9 Å². The van der Waals surface area contributed by atoms with Gasteiger partial charge in [0.2, 0.25) is 0 Å². The Kier molecular flexibility index (Phi) is 4.93. The maximum absolute atomic E-state index is 13.6. The second-order valence-electron chi connectivity index (χ2n) is 4.92. The smallest absolute Gasteiger partial charge is 0.255 e. The first-order valence-corrected chi connectivity index (χ1v) is 7.29. The van der Waals surface area contributed by atoms with Gasteiger partial charge in [0, 0.05) is 16.9 Å². The number of carbonyl (C=O) groups excluding carboxylic acids is 1. The van der Waals surface area contributed by atoms with Crippen LogP contribution in [0.4, 0.5) is 4.39 Å². The topological polar surface area (TPSA) is 49.3 Å². The average Bonchev–Trinajstić information content (AvgIpc) is 2.37. The van der Waals surface area contributed by atoms with Crippen LogP contribution in [0.3, 0.4) is 0 Å². The lowest BCUT2D eigenvalue weighted by Gasteiger charge is -2.27. The molecule has 1 aromatic rings. The Labute approximate surface area is 120 Å². The molecule has 5 heteroatoms. The third-order valence-electron chi connectivity index (χ3n) is 3.58. The number of aliphatic hydroxyl groups excluding tert-OH is 1. The summed E-state index contributed by atoms with van der Waals surface area (Å²) in [6, 6.07) is 4.43. The van der Waals surface area contributed by atoms with E-state index in [1.165, 1.54) is 6.07 Å². The third-order valence-corrected chi connectivity index (χ3v) is 4.24. The highest BCUT2D eigenvalue weighted by atomic mass is 79.9. The minimum absolute atomic E-state index is 0.0211. The lowest BCUT2D eigenvalue weighted by atomic mass is 9.86. The van der Waals surface area contributed by atoms with Gasteiger partial charge in [0.15, 0.2) is 0 Å². The number of amides is 1. The van der Waals surface area contributed by atoms with Crippen LogP contribution in [-0.2, 0) is 0 Å². The third kappa shape index (κ3) is 3.54. The molecule has 0 radical (unpaired) electrons. The van der Waals surface area contributed by atoms with Crippen LogP contribution in [-0.4, -0.2) is 23.7 Å². The molecule has 0 heterocycles. The summed E-state index contributed by atoms with van der Waals surface area (Å²) in [5.41, 5.74) is 0.0211. The first kappa shape index (κ1) is 14.5. The van der Waals surface area contributed by atoms with E-state index in [0.29, 0.717) is 11.0 Å². The molecule has 0 saturated heterocycles. The summed E-state index contributed by atoms with van der Waals surface area (Å²) in [5, 5.41) is 12.5. The monoisotopic (exact) mass is 329 g/mol. The second-order valence-corrected chi connectivity index (χ2v) is 5.77. The molecule has 1 amide bonds. The zero-order valence-electron chi connectivity index (χ0n) is 10.5. The number of benzene rings is 1. The van der Waals surface area contributed by atoms with Gasteiger partial charge in [0.1, 0.15) is 5.82 Å². The van der Waals surface area contributed by atoms with Gasteiger partial charge in [-0.2, -0.15) is 0 Å². The predicted octanol–water partition coefficient (Wildman–Crippen LogP) is 2.87. The van der Waals surface area contributed by atoms with Crippen molar-refractivity contribution in [3.63, 3.8) is 0 Å². The molecule has 1 fully saturated rings. The van der Waals surface area contributed by atoms with Crippen LogP contribution in [0.5, 0.6) is 0 Å². The molecule has 2 rings (SSSR count). The van der Waals surface area contributed by atoms with Crippen molar-refractivity contribution in [1.29, 1.82) is 0 Å². The summed E-state index contributed by atoms with van der Waals surface area (Å²) in [5.74, 6) is -0.915. The summed E-state index contributed by atoms with van der Waals surface area (Å²) in [7, 11) is 0. The van der Waals surface area contributed by atoms with Crippen molar-refractivity contribution < 1.29 is 14.3 Å². The molecule has 0 unspecified atom stereocenters. The van der Waals surface area contributed by atoms with Crippen molar-refractivity contribution in [1.82, 2.24) is 5.32 Å². The Morgan fingerprint density at radius 1 is 1.42 bits per heavy atom. The Morgan fingerprint density at radius 2 is 2.16 bits per heavy atom. The molecule has 19 heavy (non-hydrogen) atoms. The molecule has 2 atom stereocenters. The van der Waals surface area contributed by atoms with Crippen molar-refractivity contribution in [2.75, 3.05) is 6.54 Å². The predicted molar refractivity (Wildman–Crippen MR) is 74.4 cm³/mol. The van der Waals surface area contributed by atoms with Crippen LogP contribution < -0.4 is 5.32 Å². The van der Waals surface area contributed by atoms with E-state index in [1.54, 1.807) is 12.1 Å². The van der Waals surface area contributed by atoms with Crippen LogP contribution in [0, 0.1) is 11.7 Å². The highest BCUT2D eigenvalue weighted by molar-refractivity contribution is 9.10. The molecule has 1 saturated carbocycles. The summed E-state index contributed by atoms with van der Waals surface area (Å²) < 4.78 is 14.0. The van der Waals surface area contributed by atoms with Gasteiger partial charge >= 0.3 is 0 Å². The zero-order chi connectivity index (χ0) is 13.8. The van der Waals surface area contributed by atoms with Gasteiger partial charge in [-0.3, -0.25) is 4.79 Å². The van der Waals surface area contributed by atoms with Gasteiger partial charge in [-0.25, -0.2) is 4.39 Å². The van der Waals surface area contributed by atoms with E-state index < -0.39 is 11.7 Å². The molecule has 1 aliphatic rings. The number of aliphatic hydroxyl groups is 1. The van der Waals surface area contributed by atoms with Crippen LogP contribution in [0.15, 0.2) is 22.7 Å². The van der Waals surface area contributed by atoms with Crippen molar-refractivity contribution in [2.24, 2.45) is 5.92 Å². The van der Waals surface area contributed by atoms with E-state index in [9.17, 15) is 14.3 Å². The Balaban J connectivity index is 1.97. The molecule has 0 bridgehead atoms. The molecule has 3 nitrogen and oxygen atoms in total. The lowest BCUT2D eigenvalue weighted by molar-refractivity contribution is 0.0662. The number of carbonyl (C=O) groups is 1. The maximum atomic E-state index is 13.6. The normalized spacial score (nSPS) is 23.1. The number of rotatable bonds is 3. The molecule has 104 valence electrons. The highest BCUT2D eigenvalue weighted by Gasteiger charge is 2.24. The summed E-state index contributed by atoms with van der Waals surface area (Å²) >= 11 is 3.18. The molecule has 1 aromatic carbocycles. The molecule has 0 aliphatic heterocycles. The largest absolute Gasteiger partial charge is 0.393 e. The van der Waals surface area contributed by atoms with E-state index in [0.717, 1.165) is 25.7 Å². The van der Waals surface area contributed by atoms with Gasteiger partial charge in [0.05, 0.1) is 11.7 Å². The van der Waals surface area contributed by atoms with Crippen LogP contribution >= 0.6 is 15.9 Å². The number of halogens is 2. The standard InChI is InChI=1S/C14H17BrFNO2/c15-10-5-3-6-11(16)13(10)14(19)17-8-9-4-1-2-7-12(9)18/h3,5-6,9,12,18H,1-2,4,7-8H2,(H,17,19)/t9-,12+/m0/s1. The van der Waals surface area contributed by atoms with Gasteiger partial charge in [0.25, 0.3) is 5.91 Å². The zero-order valence-corrected chi connectivity index (χ0v) is 12.1. The van der Waals surface area contributed by atoms with Gasteiger partial charge in [-0.05, 0) is 40.9 Å². The Bertz CT molecular complexity index is 447. The molecule has 1 aliphatic carbocycles. The van der Waals surface area contributed by atoms with Crippen molar-refractivity contribution in [2.45, 2.75) is 31.8 Å².